The van der Waals surface area contributed by atoms with E-state index in [1.807, 2.05) is 6.92 Å². The highest BCUT2D eigenvalue weighted by molar-refractivity contribution is 6.05. The van der Waals surface area contributed by atoms with Gasteiger partial charge in [-0.3, -0.25) is 4.79 Å². The summed E-state index contributed by atoms with van der Waals surface area (Å²) in [6, 6.07) is 9.89. The van der Waals surface area contributed by atoms with Gasteiger partial charge in [0.25, 0.3) is 5.91 Å². The van der Waals surface area contributed by atoms with Crippen molar-refractivity contribution in [3.8, 4) is 17.2 Å². The topological polar surface area (TPSA) is 67.8 Å². The average molecular weight is 285 g/mol. The standard InChI is InChI=1S/C16H15NO4/c1-10-8-12(18)3-4-13(10)17-16(19)11-2-5-14-15(9-11)21-7-6-20-14/h2-5,8-9,18H,6-7H2,1H3,(H,17,19). The molecule has 1 heterocycles. The van der Waals surface area contributed by atoms with E-state index in [0.29, 0.717) is 36.0 Å². The van der Waals surface area contributed by atoms with Gasteiger partial charge in [0.05, 0.1) is 0 Å². The summed E-state index contributed by atoms with van der Waals surface area (Å²) in [7, 11) is 0. The molecular weight excluding hydrogens is 270 g/mol. The summed E-state index contributed by atoms with van der Waals surface area (Å²) in [5.41, 5.74) is 1.94. The Kier molecular flexibility index (Phi) is 3.39. The van der Waals surface area contributed by atoms with Crippen molar-refractivity contribution in [2.24, 2.45) is 0 Å². The van der Waals surface area contributed by atoms with Crippen LogP contribution in [0.2, 0.25) is 0 Å². The summed E-state index contributed by atoms with van der Waals surface area (Å²) in [6.07, 6.45) is 0. The molecule has 2 aromatic rings. The number of nitrogens with one attached hydrogen (secondary N) is 1. The van der Waals surface area contributed by atoms with Gasteiger partial charge in [0.15, 0.2) is 11.5 Å². The van der Waals surface area contributed by atoms with Gasteiger partial charge in [0, 0.05) is 11.3 Å². The number of aryl methyl sites for hydroxylation is 1. The van der Waals surface area contributed by atoms with Crippen LogP contribution in [0, 0.1) is 6.92 Å². The summed E-state index contributed by atoms with van der Waals surface area (Å²) in [6.45, 7) is 2.82. The van der Waals surface area contributed by atoms with Crippen LogP contribution in [0.25, 0.3) is 0 Å². The third kappa shape index (κ3) is 2.76. The van der Waals surface area contributed by atoms with Crippen molar-refractivity contribution in [1.29, 1.82) is 0 Å². The molecule has 2 aromatic carbocycles. The van der Waals surface area contributed by atoms with Crippen LogP contribution >= 0.6 is 0 Å². The first kappa shape index (κ1) is 13.3. The maximum atomic E-state index is 12.3. The van der Waals surface area contributed by atoms with Crippen molar-refractivity contribution < 1.29 is 19.4 Å². The number of fused-ring (bicyclic) bond motifs is 1. The largest absolute Gasteiger partial charge is 0.508 e. The number of ether oxygens (including phenoxy) is 2. The van der Waals surface area contributed by atoms with Gasteiger partial charge in [-0.1, -0.05) is 0 Å². The van der Waals surface area contributed by atoms with E-state index in [2.05, 4.69) is 5.32 Å². The molecule has 0 fully saturated rings. The van der Waals surface area contributed by atoms with Crippen LogP contribution < -0.4 is 14.8 Å². The zero-order valence-corrected chi connectivity index (χ0v) is 11.6. The smallest absolute Gasteiger partial charge is 0.255 e. The fourth-order valence-corrected chi connectivity index (χ4v) is 2.17. The van der Waals surface area contributed by atoms with Gasteiger partial charge in [0.2, 0.25) is 0 Å². The Hall–Kier alpha value is -2.69. The van der Waals surface area contributed by atoms with Gasteiger partial charge in [-0.15, -0.1) is 0 Å². The Balaban J connectivity index is 1.82. The molecule has 0 atom stereocenters. The third-order valence-corrected chi connectivity index (χ3v) is 3.26. The summed E-state index contributed by atoms with van der Waals surface area (Å²) in [5, 5.41) is 12.2. The Labute approximate surface area is 122 Å². The molecule has 0 unspecified atom stereocenters. The number of benzene rings is 2. The molecule has 0 aliphatic carbocycles. The molecule has 0 saturated heterocycles. The zero-order valence-electron chi connectivity index (χ0n) is 11.6. The summed E-state index contributed by atoms with van der Waals surface area (Å²) >= 11 is 0. The molecule has 108 valence electrons. The van der Waals surface area contributed by atoms with Gasteiger partial charge in [-0.2, -0.15) is 0 Å². The Morgan fingerprint density at radius 3 is 2.62 bits per heavy atom. The van der Waals surface area contributed by atoms with Crippen LogP contribution in [0.1, 0.15) is 15.9 Å². The van der Waals surface area contributed by atoms with E-state index >= 15 is 0 Å². The molecule has 1 amide bonds. The first-order valence-electron chi connectivity index (χ1n) is 6.64. The molecule has 0 saturated carbocycles. The lowest BCUT2D eigenvalue weighted by Gasteiger charge is -2.18. The van der Waals surface area contributed by atoms with E-state index in [-0.39, 0.29) is 11.7 Å². The van der Waals surface area contributed by atoms with E-state index in [1.165, 1.54) is 6.07 Å². The lowest BCUT2D eigenvalue weighted by molar-refractivity contribution is 0.102. The van der Waals surface area contributed by atoms with E-state index in [1.54, 1.807) is 30.3 Å². The number of carbonyl (C=O) groups is 1. The molecule has 0 aromatic heterocycles. The Morgan fingerprint density at radius 2 is 1.86 bits per heavy atom. The van der Waals surface area contributed by atoms with Crippen molar-refractivity contribution in [2.45, 2.75) is 6.92 Å². The monoisotopic (exact) mass is 285 g/mol. The molecular formula is C16H15NO4. The normalized spacial score (nSPS) is 12.8. The fraction of sp³-hybridized carbons (Fsp3) is 0.188. The quantitative estimate of drug-likeness (QED) is 0.832. The predicted molar refractivity (Wildman–Crippen MR) is 78.2 cm³/mol. The second-order valence-corrected chi connectivity index (χ2v) is 4.81. The number of rotatable bonds is 2. The fourth-order valence-electron chi connectivity index (χ4n) is 2.17. The summed E-state index contributed by atoms with van der Waals surface area (Å²) in [4.78, 5) is 12.3. The lowest BCUT2D eigenvalue weighted by Crippen LogP contribution is -2.17. The minimum atomic E-state index is -0.235. The van der Waals surface area contributed by atoms with Crippen LogP contribution in [0.5, 0.6) is 17.2 Å². The minimum Gasteiger partial charge on any atom is -0.508 e. The number of phenolic OH excluding ortho intramolecular Hbond substituents is 1. The number of phenols is 1. The number of amides is 1. The molecule has 0 radical (unpaired) electrons. The number of carbonyl (C=O) groups excluding carboxylic acids is 1. The number of hydrogen-bond donors (Lipinski definition) is 2. The SMILES string of the molecule is Cc1cc(O)ccc1NC(=O)c1ccc2c(c1)OCCO2. The van der Waals surface area contributed by atoms with Crippen molar-refractivity contribution in [1.82, 2.24) is 0 Å². The van der Waals surface area contributed by atoms with Gasteiger partial charge in [-0.25, -0.2) is 0 Å². The third-order valence-electron chi connectivity index (χ3n) is 3.26. The summed E-state index contributed by atoms with van der Waals surface area (Å²) < 4.78 is 10.9. The molecule has 2 N–H and O–H groups in total. The number of hydrogen-bond acceptors (Lipinski definition) is 4. The zero-order chi connectivity index (χ0) is 14.8. The van der Waals surface area contributed by atoms with Crippen LogP contribution in [-0.2, 0) is 0 Å². The average Bonchev–Trinajstić information content (AvgIpc) is 2.49. The highest BCUT2D eigenvalue weighted by atomic mass is 16.6. The second kappa shape index (κ2) is 5.36. The molecule has 1 aliphatic rings. The van der Waals surface area contributed by atoms with E-state index in [9.17, 15) is 9.90 Å². The van der Waals surface area contributed by atoms with E-state index < -0.39 is 0 Å². The van der Waals surface area contributed by atoms with Crippen LogP contribution in [0.4, 0.5) is 5.69 Å². The van der Waals surface area contributed by atoms with Gasteiger partial charge >= 0.3 is 0 Å². The Bertz CT molecular complexity index is 697. The van der Waals surface area contributed by atoms with Gasteiger partial charge in [0.1, 0.15) is 19.0 Å². The molecule has 0 spiro atoms. The minimum absolute atomic E-state index is 0.171. The first-order valence-corrected chi connectivity index (χ1v) is 6.64. The molecule has 3 rings (SSSR count). The van der Waals surface area contributed by atoms with Crippen LogP contribution in [-0.4, -0.2) is 24.2 Å². The van der Waals surface area contributed by atoms with Crippen LogP contribution in [0.15, 0.2) is 36.4 Å². The first-order chi connectivity index (χ1) is 10.1. The van der Waals surface area contributed by atoms with Crippen LogP contribution in [0.3, 0.4) is 0 Å². The second-order valence-electron chi connectivity index (χ2n) is 4.81. The van der Waals surface area contributed by atoms with E-state index in [4.69, 9.17) is 9.47 Å². The molecule has 21 heavy (non-hydrogen) atoms. The summed E-state index contributed by atoms with van der Waals surface area (Å²) in [5.74, 6) is 1.17. The van der Waals surface area contributed by atoms with Gasteiger partial charge in [-0.05, 0) is 48.9 Å². The van der Waals surface area contributed by atoms with Crippen molar-refractivity contribution in [2.75, 3.05) is 18.5 Å². The molecule has 1 aliphatic heterocycles. The maximum absolute atomic E-state index is 12.3. The van der Waals surface area contributed by atoms with Crippen molar-refractivity contribution >= 4 is 11.6 Å². The highest BCUT2D eigenvalue weighted by Gasteiger charge is 2.15. The van der Waals surface area contributed by atoms with Crippen molar-refractivity contribution in [3.63, 3.8) is 0 Å². The van der Waals surface area contributed by atoms with Gasteiger partial charge < -0.3 is 19.9 Å². The highest BCUT2D eigenvalue weighted by Crippen LogP contribution is 2.31. The molecule has 5 nitrogen and oxygen atoms in total. The maximum Gasteiger partial charge on any atom is 0.255 e. The number of aromatic hydroxyl groups is 1. The van der Waals surface area contributed by atoms with Crippen molar-refractivity contribution in [3.05, 3.63) is 47.5 Å². The predicted octanol–water partition coefficient (Wildman–Crippen LogP) is 2.72. The lowest BCUT2D eigenvalue weighted by atomic mass is 10.1. The molecule has 0 bridgehead atoms. The number of anilines is 1. The molecule has 5 heteroatoms. The van der Waals surface area contributed by atoms with E-state index in [0.717, 1.165) is 5.56 Å². The Morgan fingerprint density at radius 1 is 1.10 bits per heavy atom.